The van der Waals surface area contributed by atoms with Crippen molar-refractivity contribution in [2.24, 2.45) is 5.92 Å². The molecule has 2 aromatic carbocycles. The molecule has 7 heteroatoms. The molecule has 0 radical (unpaired) electrons. The van der Waals surface area contributed by atoms with E-state index in [1.165, 1.54) is 17.4 Å². The van der Waals surface area contributed by atoms with E-state index >= 15 is 0 Å². The number of rotatable bonds is 7. The van der Waals surface area contributed by atoms with Gasteiger partial charge in [0.15, 0.2) is 0 Å². The maximum Gasteiger partial charge on any atom is 0.249 e. The van der Waals surface area contributed by atoms with Gasteiger partial charge in [-0.15, -0.1) is 10.2 Å². The van der Waals surface area contributed by atoms with E-state index in [9.17, 15) is 9.59 Å². The predicted octanol–water partition coefficient (Wildman–Crippen LogP) is 4.31. The van der Waals surface area contributed by atoms with Gasteiger partial charge in [0.1, 0.15) is 11.0 Å². The highest BCUT2D eigenvalue weighted by Crippen LogP contribution is 2.26. The van der Waals surface area contributed by atoms with Crippen molar-refractivity contribution in [3.05, 3.63) is 71.8 Å². The van der Waals surface area contributed by atoms with Crippen molar-refractivity contribution >= 4 is 34.4 Å². The molecule has 0 unspecified atom stereocenters. The van der Waals surface area contributed by atoms with Crippen LogP contribution in [0.25, 0.3) is 16.6 Å². The minimum Gasteiger partial charge on any atom is -0.340 e. The van der Waals surface area contributed by atoms with Gasteiger partial charge in [-0.3, -0.25) is 14.9 Å². The average molecular weight is 421 g/mol. The topological polar surface area (TPSA) is 84.0 Å². The number of aryl methyl sites for hydroxylation is 1. The van der Waals surface area contributed by atoms with Crippen molar-refractivity contribution in [3.63, 3.8) is 0 Å². The number of benzene rings is 2. The lowest BCUT2D eigenvalue weighted by Gasteiger charge is -2.20. The van der Waals surface area contributed by atoms with E-state index in [4.69, 9.17) is 0 Å². The van der Waals surface area contributed by atoms with Gasteiger partial charge in [-0.1, -0.05) is 85.3 Å². The summed E-state index contributed by atoms with van der Waals surface area (Å²) in [6, 6.07) is 16.8. The second kappa shape index (κ2) is 9.93. The Morgan fingerprint density at radius 3 is 2.37 bits per heavy atom. The number of nitrogens with one attached hydrogen (secondary N) is 2. The molecule has 1 atom stereocenters. The van der Waals surface area contributed by atoms with Crippen LogP contribution in [0.15, 0.2) is 60.7 Å². The van der Waals surface area contributed by atoms with Gasteiger partial charge in [0.25, 0.3) is 0 Å². The molecule has 2 N–H and O–H groups in total. The van der Waals surface area contributed by atoms with Crippen LogP contribution in [-0.2, 0) is 9.59 Å². The molecule has 0 spiro atoms. The summed E-state index contributed by atoms with van der Waals surface area (Å²) in [6.07, 6.45) is 3.14. The molecule has 0 fully saturated rings. The van der Waals surface area contributed by atoms with Crippen molar-refractivity contribution in [3.8, 4) is 10.6 Å². The quantitative estimate of drug-likeness (QED) is 0.558. The summed E-state index contributed by atoms with van der Waals surface area (Å²) < 4.78 is 0. The predicted molar refractivity (Wildman–Crippen MR) is 121 cm³/mol. The van der Waals surface area contributed by atoms with Crippen molar-refractivity contribution in [1.29, 1.82) is 0 Å². The molecule has 0 saturated carbocycles. The first kappa shape index (κ1) is 21.4. The van der Waals surface area contributed by atoms with Gasteiger partial charge in [0.05, 0.1) is 0 Å². The standard InChI is InChI=1S/C23H24N4O2S/c1-15(2)20(24-19(28)14-11-17-7-5-4-6-8-17)21(29)25-23-27-26-22(30-23)18-12-9-16(3)10-13-18/h4-15,20H,1-3H3,(H,24,28)(H,25,27,29)/b14-11+/t20-/m1/s1. The zero-order chi connectivity index (χ0) is 21.5. The van der Waals surface area contributed by atoms with Crippen LogP contribution in [0.5, 0.6) is 0 Å². The lowest BCUT2D eigenvalue weighted by atomic mass is 10.0. The normalized spacial score (nSPS) is 12.1. The molecule has 0 aliphatic rings. The highest BCUT2D eigenvalue weighted by atomic mass is 32.1. The fraction of sp³-hybridized carbons (Fsp3) is 0.217. The van der Waals surface area contributed by atoms with Crippen LogP contribution in [0.2, 0.25) is 0 Å². The van der Waals surface area contributed by atoms with Crippen LogP contribution in [0.3, 0.4) is 0 Å². The van der Waals surface area contributed by atoms with E-state index in [2.05, 4.69) is 20.8 Å². The Labute approximate surface area is 180 Å². The average Bonchev–Trinajstić information content (AvgIpc) is 3.20. The van der Waals surface area contributed by atoms with Crippen LogP contribution >= 0.6 is 11.3 Å². The summed E-state index contributed by atoms with van der Waals surface area (Å²) >= 11 is 1.29. The van der Waals surface area contributed by atoms with E-state index in [0.717, 1.165) is 21.7 Å². The number of carbonyl (C=O) groups is 2. The lowest BCUT2D eigenvalue weighted by molar-refractivity contribution is -0.124. The molecule has 1 heterocycles. The second-order valence-corrected chi connectivity index (χ2v) is 8.22. The molecule has 2 amide bonds. The molecule has 0 aliphatic heterocycles. The minimum atomic E-state index is -0.690. The number of hydrogen-bond donors (Lipinski definition) is 2. The lowest BCUT2D eigenvalue weighted by Crippen LogP contribution is -2.46. The highest BCUT2D eigenvalue weighted by molar-refractivity contribution is 7.18. The Morgan fingerprint density at radius 2 is 1.70 bits per heavy atom. The maximum atomic E-state index is 12.7. The first-order valence-corrected chi connectivity index (χ1v) is 10.5. The van der Waals surface area contributed by atoms with Crippen LogP contribution in [0, 0.1) is 12.8 Å². The van der Waals surface area contributed by atoms with Gasteiger partial charge in [0, 0.05) is 11.6 Å². The second-order valence-electron chi connectivity index (χ2n) is 7.24. The number of amides is 2. The molecule has 0 bridgehead atoms. The fourth-order valence-electron chi connectivity index (χ4n) is 2.74. The first-order valence-electron chi connectivity index (χ1n) is 9.67. The highest BCUT2D eigenvalue weighted by Gasteiger charge is 2.24. The third kappa shape index (κ3) is 5.84. The van der Waals surface area contributed by atoms with Gasteiger partial charge in [-0.05, 0) is 24.5 Å². The van der Waals surface area contributed by atoms with E-state index in [1.54, 1.807) is 6.08 Å². The molecular formula is C23H24N4O2S. The number of anilines is 1. The SMILES string of the molecule is Cc1ccc(-c2nnc(NC(=O)[C@H](NC(=O)/C=C/c3ccccc3)C(C)C)s2)cc1. The van der Waals surface area contributed by atoms with Gasteiger partial charge in [0.2, 0.25) is 16.9 Å². The number of hydrogen-bond acceptors (Lipinski definition) is 5. The van der Waals surface area contributed by atoms with Crippen LogP contribution in [-0.4, -0.2) is 28.1 Å². The van der Waals surface area contributed by atoms with Gasteiger partial charge < -0.3 is 5.32 Å². The van der Waals surface area contributed by atoms with E-state index in [0.29, 0.717) is 5.13 Å². The smallest absolute Gasteiger partial charge is 0.249 e. The molecule has 154 valence electrons. The Morgan fingerprint density at radius 1 is 1.00 bits per heavy atom. The van der Waals surface area contributed by atoms with Crippen LogP contribution < -0.4 is 10.6 Å². The summed E-state index contributed by atoms with van der Waals surface area (Å²) in [5.74, 6) is -0.744. The summed E-state index contributed by atoms with van der Waals surface area (Å²) in [5, 5.41) is 14.9. The van der Waals surface area contributed by atoms with Gasteiger partial charge in [-0.2, -0.15) is 0 Å². The van der Waals surface area contributed by atoms with E-state index in [1.807, 2.05) is 75.4 Å². The fourth-order valence-corrected chi connectivity index (χ4v) is 3.49. The zero-order valence-corrected chi connectivity index (χ0v) is 17.9. The summed E-state index contributed by atoms with van der Waals surface area (Å²) in [4.78, 5) is 25.0. The van der Waals surface area contributed by atoms with Crippen molar-refractivity contribution in [2.45, 2.75) is 26.8 Å². The van der Waals surface area contributed by atoms with E-state index in [-0.39, 0.29) is 17.7 Å². The van der Waals surface area contributed by atoms with Crippen LogP contribution in [0.4, 0.5) is 5.13 Å². The maximum absolute atomic E-state index is 12.7. The van der Waals surface area contributed by atoms with Gasteiger partial charge in [-0.25, -0.2) is 0 Å². The van der Waals surface area contributed by atoms with Crippen molar-refractivity contribution in [2.75, 3.05) is 5.32 Å². The molecular weight excluding hydrogens is 396 g/mol. The van der Waals surface area contributed by atoms with Crippen molar-refractivity contribution < 1.29 is 9.59 Å². The van der Waals surface area contributed by atoms with Crippen molar-refractivity contribution in [1.82, 2.24) is 15.5 Å². The summed E-state index contributed by atoms with van der Waals surface area (Å²) in [6.45, 7) is 5.78. The van der Waals surface area contributed by atoms with E-state index < -0.39 is 6.04 Å². The summed E-state index contributed by atoms with van der Waals surface area (Å²) in [7, 11) is 0. The monoisotopic (exact) mass is 420 g/mol. The number of nitrogens with zero attached hydrogens (tertiary/aromatic N) is 2. The molecule has 1 aromatic heterocycles. The Balaban J connectivity index is 1.63. The van der Waals surface area contributed by atoms with Crippen LogP contribution in [0.1, 0.15) is 25.0 Å². The molecule has 0 saturated heterocycles. The Kier molecular flexibility index (Phi) is 7.08. The number of aromatic nitrogens is 2. The molecule has 3 aromatic rings. The first-order chi connectivity index (χ1) is 14.4. The third-order valence-electron chi connectivity index (χ3n) is 4.43. The summed E-state index contributed by atoms with van der Waals surface area (Å²) in [5.41, 5.74) is 3.02. The number of carbonyl (C=O) groups excluding carboxylic acids is 2. The third-order valence-corrected chi connectivity index (χ3v) is 5.32. The largest absolute Gasteiger partial charge is 0.340 e. The minimum absolute atomic E-state index is 0.0939. The Hall–Kier alpha value is -3.32. The molecule has 0 aliphatic carbocycles. The molecule has 6 nitrogen and oxygen atoms in total. The Bertz CT molecular complexity index is 1030. The van der Waals surface area contributed by atoms with Gasteiger partial charge >= 0.3 is 0 Å². The molecule has 3 rings (SSSR count). The zero-order valence-electron chi connectivity index (χ0n) is 17.1. The molecule has 30 heavy (non-hydrogen) atoms.